The number of nitrogens with one attached hydrogen (secondary N) is 2. The summed E-state index contributed by atoms with van der Waals surface area (Å²) in [7, 11) is 1.71. The predicted octanol–water partition coefficient (Wildman–Crippen LogP) is 1.68. The van der Waals surface area contributed by atoms with Crippen LogP contribution in [0, 0.1) is 5.82 Å². The van der Waals surface area contributed by atoms with Gasteiger partial charge < -0.3 is 5.32 Å². The Morgan fingerprint density at radius 2 is 1.90 bits per heavy atom. The second-order valence-corrected chi connectivity index (χ2v) is 3.93. The third kappa shape index (κ3) is 6.76. The highest BCUT2D eigenvalue weighted by Gasteiger charge is 2.24. The third-order valence-electron chi connectivity index (χ3n) is 2.62. The Morgan fingerprint density at radius 1 is 1.29 bits per heavy atom. The Hall–Kier alpha value is -2.08. The van der Waals surface area contributed by atoms with Gasteiger partial charge in [-0.1, -0.05) is 26.0 Å². The molecular weight excluding hydrogens is 275 g/mol. The molecule has 116 valence electrons. The summed E-state index contributed by atoms with van der Waals surface area (Å²) in [6, 6.07) is 5.67. The first kappa shape index (κ1) is 18.9. The molecule has 2 amide bonds. The Balaban J connectivity index is 0.000000342. The summed E-state index contributed by atoms with van der Waals surface area (Å²) in [5.74, 6) is -0.845. The average molecular weight is 296 g/mol. The Labute approximate surface area is 123 Å². The minimum atomic E-state index is -0.465. The van der Waals surface area contributed by atoms with Gasteiger partial charge in [0.05, 0.1) is 11.6 Å². The first-order chi connectivity index (χ1) is 10.1. The molecule has 2 N–H and O–H groups in total. The largest absolute Gasteiger partial charge is 0.309 e. The maximum absolute atomic E-state index is 12.4. The molecule has 1 unspecified atom stereocenters. The lowest BCUT2D eigenvalue weighted by atomic mass is 10.1. The van der Waals surface area contributed by atoms with Gasteiger partial charge in [-0.25, -0.2) is 4.39 Å². The number of piperidine rings is 1. The van der Waals surface area contributed by atoms with Crippen molar-refractivity contribution < 1.29 is 18.8 Å². The number of imide groups is 1. The van der Waals surface area contributed by atoms with Crippen molar-refractivity contribution in [3.63, 3.8) is 0 Å². The number of likely N-dealkylation sites (N-methyl/N-ethyl adjacent to an activating group) is 1. The minimum Gasteiger partial charge on any atom is -0.309 e. The fourth-order valence-electron chi connectivity index (χ4n) is 1.54. The van der Waals surface area contributed by atoms with Crippen molar-refractivity contribution in [2.45, 2.75) is 32.7 Å². The first-order valence-electron chi connectivity index (χ1n) is 6.79. The first-order valence-corrected chi connectivity index (χ1v) is 6.79. The van der Waals surface area contributed by atoms with Crippen molar-refractivity contribution in [1.29, 1.82) is 0 Å². The SMILES string of the molecule is CC.CNC1CCC(=O)NC1=O.O=Cc1ccccc1F. The van der Waals surface area contributed by atoms with E-state index in [1.54, 1.807) is 19.2 Å². The molecule has 0 aromatic heterocycles. The summed E-state index contributed by atoms with van der Waals surface area (Å²) < 4.78 is 12.4. The smallest absolute Gasteiger partial charge is 0.243 e. The van der Waals surface area contributed by atoms with E-state index in [9.17, 15) is 18.8 Å². The molecule has 0 bridgehead atoms. The summed E-state index contributed by atoms with van der Waals surface area (Å²) >= 11 is 0. The van der Waals surface area contributed by atoms with Crippen LogP contribution in [0.1, 0.15) is 37.0 Å². The molecule has 5 nitrogen and oxygen atoms in total. The van der Waals surface area contributed by atoms with Gasteiger partial charge in [-0.2, -0.15) is 0 Å². The van der Waals surface area contributed by atoms with Crippen molar-refractivity contribution in [2.75, 3.05) is 7.05 Å². The minimum absolute atomic E-state index is 0.109. The molecule has 1 saturated heterocycles. The van der Waals surface area contributed by atoms with Crippen molar-refractivity contribution in [1.82, 2.24) is 10.6 Å². The van der Waals surface area contributed by atoms with Crippen LogP contribution in [-0.4, -0.2) is 31.2 Å². The van der Waals surface area contributed by atoms with Crippen LogP contribution < -0.4 is 10.6 Å². The van der Waals surface area contributed by atoms with Gasteiger partial charge in [-0.15, -0.1) is 0 Å². The topological polar surface area (TPSA) is 75.3 Å². The van der Waals surface area contributed by atoms with E-state index in [0.29, 0.717) is 19.1 Å². The van der Waals surface area contributed by atoms with E-state index in [2.05, 4.69) is 10.6 Å². The van der Waals surface area contributed by atoms with Gasteiger partial charge in [-0.3, -0.25) is 19.7 Å². The van der Waals surface area contributed by atoms with Gasteiger partial charge >= 0.3 is 0 Å². The van der Waals surface area contributed by atoms with E-state index >= 15 is 0 Å². The highest BCUT2D eigenvalue weighted by molar-refractivity contribution is 6.00. The van der Waals surface area contributed by atoms with Gasteiger partial charge in [0, 0.05) is 6.42 Å². The van der Waals surface area contributed by atoms with E-state index in [1.165, 1.54) is 12.1 Å². The fourth-order valence-corrected chi connectivity index (χ4v) is 1.54. The maximum atomic E-state index is 12.4. The van der Waals surface area contributed by atoms with E-state index in [4.69, 9.17) is 0 Å². The zero-order valence-corrected chi connectivity index (χ0v) is 12.5. The van der Waals surface area contributed by atoms with Crippen LogP contribution in [0.15, 0.2) is 24.3 Å². The fraction of sp³-hybridized carbons (Fsp3) is 0.400. The summed E-state index contributed by atoms with van der Waals surface area (Å²) in [5.41, 5.74) is 0.109. The molecular formula is C15H21FN2O3. The lowest BCUT2D eigenvalue weighted by Gasteiger charge is -2.19. The molecule has 1 fully saturated rings. The Bertz CT molecular complexity index is 478. The Kier molecular flexibility index (Phi) is 9.62. The van der Waals surface area contributed by atoms with Crippen LogP contribution in [-0.2, 0) is 9.59 Å². The zero-order valence-electron chi connectivity index (χ0n) is 12.5. The third-order valence-corrected chi connectivity index (χ3v) is 2.62. The van der Waals surface area contributed by atoms with Gasteiger partial charge in [0.15, 0.2) is 6.29 Å². The lowest BCUT2D eigenvalue weighted by Crippen LogP contribution is -2.49. The number of carbonyl (C=O) groups is 3. The van der Waals surface area contributed by atoms with Crippen LogP contribution in [0.5, 0.6) is 0 Å². The van der Waals surface area contributed by atoms with Gasteiger partial charge in [0.25, 0.3) is 0 Å². The van der Waals surface area contributed by atoms with Gasteiger partial charge in [0.2, 0.25) is 11.8 Å². The summed E-state index contributed by atoms with van der Waals surface area (Å²) in [5, 5.41) is 5.05. The summed E-state index contributed by atoms with van der Waals surface area (Å²) in [6.07, 6.45) is 1.55. The Morgan fingerprint density at radius 3 is 2.33 bits per heavy atom. The average Bonchev–Trinajstić information content (AvgIpc) is 2.50. The molecule has 1 aliphatic heterocycles. The van der Waals surface area contributed by atoms with Crippen molar-refractivity contribution in [3.8, 4) is 0 Å². The molecule has 1 aromatic carbocycles. The lowest BCUT2D eigenvalue weighted by molar-refractivity contribution is -0.134. The quantitative estimate of drug-likeness (QED) is 0.643. The molecule has 2 rings (SSSR count). The molecule has 1 heterocycles. The van der Waals surface area contributed by atoms with E-state index in [-0.39, 0.29) is 23.4 Å². The van der Waals surface area contributed by atoms with Crippen LogP contribution in [0.4, 0.5) is 4.39 Å². The van der Waals surface area contributed by atoms with Crippen LogP contribution in [0.2, 0.25) is 0 Å². The number of hydrogen-bond acceptors (Lipinski definition) is 4. The highest BCUT2D eigenvalue weighted by Crippen LogP contribution is 2.02. The molecule has 0 radical (unpaired) electrons. The number of hydrogen-bond donors (Lipinski definition) is 2. The van der Waals surface area contributed by atoms with Crippen LogP contribution >= 0.6 is 0 Å². The second kappa shape index (κ2) is 10.7. The molecule has 1 atom stereocenters. The standard InChI is InChI=1S/C7H5FO.C6H10N2O2.C2H6/c8-7-4-2-1-3-6(7)5-9;1-7-4-2-3-5(9)8-6(4)10;1-2/h1-5H;4,7H,2-3H2,1H3,(H,8,9,10);1-2H3. The molecule has 6 heteroatoms. The van der Waals surface area contributed by atoms with E-state index in [0.717, 1.165) is 0 Å². The number of rotatable bonds is 2. The molecule has 1 aromatic rings. The van der Waals surface area contributed by atoms with Crippen LogP contribution in [0.3, 0.4) is 0 Å². The monoisotopic (exact) mass is 296 g/mol. The highest BCUT2D eigenvalue weighted by atomic mass is 19.1. The van der Waals surface area contributed by atoms with Crippen LogP contribution in [0.25, 0.3) is 0 Å². The number of aldehydes is 1. The maximum Gasteiger partial charge on any atom is 0.243 e. The number of amides is 2. The number of halogens is 1. The molecule has 0 aliphatic carbocycles. The number of benzene rings is 1. The normalized spacial score (nSPS) is 16.7. The predicted molar refractivity (Wildman–Crippen MR) is 78.4 cm³/mol. The molecule has 0 spiro atoms. The van der Waals surface area contributed by atoms with Crippen molar-refractivity contribution >= 4 is 18.1 Å². The summed E-state index contributed by atoms with van der Waals surface area (Å²) in [6.45, 7) is 4.00. The molecule has 21 heavy (non-hydrogen) atoms. The van der Waals surface area contributed by atoms with Gasteiger partial charge in [0.1, 0.15) is 5.82 Å². The van der Waals surface area contributed by atoms with Gasteiger partial charge in [-0.05, 0) is 25.6 Å². The zero-order chi connectivity index (χ0) is 16.3. The number of carbonyl (C=O) groups excluding carboxylic acids is 3. The van der Waals surface area contributed by atoms with Crippen molar-refractivity contribution in [2.24, 2.45) is 0 Å². The van der Waals surface area contributed by atoms with Crippen molar-refractivity contribution in [3.05, 3.63) is 35.6 Å². The summed E-state index contributed by atoms with van der Waals surface area (Å²) in [4.78, 5) is 31.4. The van der Waals surface area contributed by atoms with E-state index < -0.39 is 5.82 Å². The molecule has 0 saturated carbocycles. The second-order valence-electron chi connectivity index (χ2n) is 3.93. The molecule has 1 aliphatic rings. The van der Waals surface area contributed by atoms with E-state index in [1.807, 2.05) is 13.8 Å².